The number of carbonyl (C=O) groups is 2. The van der Waals surface area contributed by atoms with Gasteiger partial charge >= 0.3 is 0 Å². The molecule has 1 atom stereocenters. The summed E-state index contributed by atoms with van der Waals surface area (Å²) in [6.45, 7) is 5.31. The molecule has 4 rings (SSSR count). The van der Waals surface area contributed by atoms with Crippen molar-refractivity contribution in [2.45, 2.75) is 38.6 Å². The Bertz CT molecular complexity index is 1020. The van der Waals surface area contributed by atoms with Crippen molar-refractivity contribution < 1.29 is 9.59 Å². The summed E-state index contributed by atoms with van der Waals surface area (Å²) in [6.07, 6.45) is 1.81. The van der Waals surface area contributed by atoms with Gasteiger partial charge in [-0.15, -0.1) is 0 Å². The van der Waals surface area contributed by atoms with E-state index in [0.717, 1.165) is 29.1 Å². The molecule has 0 aromatic heterocycles. The first-order valence-electron chi connectivity index (χ1n) is 11.2. The van der Waals surface area contributed by atoms with E-state index in [9.17, 15) is 9.59 Å². The number of nitrogens with one attached hydrogen (secondary N) is 3. The third kappa shape index (κ3) is 5.72. The van der Waals surface area contributed by atoms with Gasteiger partial charge < -0.3 is 15.6 Å². The van der Waals surface area contributed by atoms with Gasteiger partial charge in [-0.1, -0.05) is 49.7 Å². The van der Waals surface area contributed by atoms with Gasteiger partial charge in [0.1, 0.15) is 6.04 Å². The highest BCUT2D eigenvalue weighted by molar-refractivity contribution is 8.00. The number of likely N-dealkylation sites (tertiary alicyclic amines) is 1. The Morgan fingerprint density at radius 1 is 1.06 bits per heavy atom. The minimum Gasteiger partial charge on any atom is -0.341 e. The minimum absolute atomic E-state index is 0.00654. The second kappa shape index (κ2) is 10.6. The van der Waals surface area contributed by atoms with Crippen molar-refractivity contribution in [1.82, 2.24) is 20.5 Å². The highest BCUT2D eigenvalue weighted by atomic mass is 35.5. The normalized spacial score (nSPS) is 17.5. The van der Waals surface area contributed by atoms with Crippen LogP contribution < -0.4 is 15.6 Å². The number of carbonyl (C=O) groups excluding carboxylic acids is 2. The standard InChI is InChI=1S/C25H29ClN4O2S/c1-16(2)23(27-24(31)20-5-3-19(4-6-20)22-15-33-29-28-22)25(32)30-13-11-18(12-14-30)17-7-9-21(26)10-8-17/h3-10,15-16,18,23,28-29H,11-14H2,1-2H3,(H,27,31)/t23-/m1/s1. The van der Waals surface area contributed by atoms with Gasteiger partial charge in [0, 0.05) is 29.1 Å². The summed E-state index contributed by atoms with van der Waals surface area (Å²) >= 11 is 7.47. The number of amides is 2. The van der Waals surface area contributed by atoms with Crippen LogP contribution in [0, 0.1) is 5.92 Å². The largest absolute Gasteiger partial charge is 0.341 e. The zero-order valence-electron chi connectivity index (χ0n) is 18.8. The minimum atomic E-state index is -0.552. The molecule has 2 aromatic rings. The fourth-order valence-electron chi connectivity index (χ4n) is 4.25. The van der Waals surface area contributed by atoms with E-state index in [1.165, 1.54) is 17.5 Å². The molecule has 2 aliphatic heterocycles. The number of rotatable bonds is 6. The monoisotopic (exact) mass is 484 g/mol. The van der Waals surface area contributed by atoms with Crippen molar-refractivity contribution in [3.05, 3.63) is 75.7 Å². The maximum Gasteiger partial charge on any atom is 0.251 e. The van der Waals surface area contributed by atoms with E-state index in [2.05, 4.69) is 27.7 Å². The Hall–Kier alpha value is -2.48. The van der Waals surface area contributed by atoms with E-state index in [0.29, 0.717) is 24.6 Å². The molecule has 1 saturated heterocycles. The van der Waals surface area contributed by atoms with E-state index in [1.54, 1.807) is 12.1 Å². The second-order valence-corrected chi connectivity index (χ2v) is 9.91. The number of halogens is 1. The Kier molecular flexibility index (Phi) is 7.63. The molecule has 6 nitrogen and oxygen atoms in total. The summed E-state index contributed by atoms with van der Waals surface area (Å²) in [5.74, 6) is 0.180. The maximum absolute atomic E-state index is 13.3. The molecule has 2 heterocycles. The van der Waals surface area contributed by atoms with Crippen LogP contribution in [0.3, 0.4) is 0 Å². The van der Waals surface area contributed by atoms with E-state index >= 15 is 0 Å². The lowest BCUT2D eigenvalue weighted by molar-refractivity contribution is -0.135. The van der Waals surface area contributed by atoms with E-state index in [4.69, 9.17) is 11.6 Å². The van der Waals surface area contributed by atoms with Crippen LogP contribution in [0.25, 0.3) is 5.70 Å². The van der Waals surface area contributed by atoms with Gasteiger partial charge in [-0.25, -0.2) is 0 Å². The molecule has 2 amide bonds. The van der Waals surface area contributed by atoms with Crippen LogP contribution in [-0.4, -0.2) is 35.8 Å². The number of benzene rings is 2. The van der Waals surface area contributed by atoms with Gasteiger partial charge in [0.05, 0.1) is 5.70 Å². The van der Waals surface area contributed by atoms with Crippen LogP contribution in [0.15, 0.2) is 53.9 Å². The van der Waals surface area contributed by atoms with Crippen molar-refractivity contribution in [2.75, 3.05) is 13.1 Å². The van der Waals surface area contributed by atoms with Crippen LogP contribution in [0.5, 0.6) is 0 Å². The molecule has 0 radical (unpaired) electrons. The molecule has 2 aliphatic rings. The predicted molar refractivity (Wildman–Crippen MR) is 134 cm³/mol. The van der Waals surface area contributed by atoms with Gasteiger partial charge in [0.2, 0.25) is 5.91 Å². The van der Waals surface area contributed by atoms with Gasteiger partial charge in [0.15, 0.2) is 0 Å². The van der Waals surface area contributed by atoms with Crippen LogP contribution in [-0.2, 0) is 4.79 Å². The van der Waals surface area contributed by atoms with Crippen molar-refractivity contribution in [2.24, 2.45) is 5.92 Å². The average Bonchev–Trinajstić information content (AvgIpc) is 3.38. The van der Waals surface area contributed by atoms with Crippen molar-refractivity contribution in [3.63, 3.8) is 0 Å². The lowest BCUT2D eigenvalue weighted by Crippen LogP contribution is -2.52. The lowest BCUT2D eigenvalue weighted by Gasteiger charge is -2.35. The van der Waals surface area contributed by atoms with Gasteiger partial charge in [-0.3, -0.25) is 9.59 Å². The smallest absolute Gasteiger partial charge is 0.251 e. The SMILES string of the molecule is CC(C)[C@@H](NC(=O)c1ccc(C2=CSNN2)cc1)C(=O)N1CCC(c2ccc(Cl)cc2)CC1. The molecule has 8 heteroatoms. The third-order valence-corrected chi connectivity index (χ3v) is 7.07. The van der Waals surface area contributed by atoms with E-state index in [1.807, 2.05) is 48.4 Å². The molecule has 33 heavy (non-hydrogen) atoms. The average molecular weight is 485 g/mol. The Morgan fingerprint density at radius 2 is 1.73 bits per heavy atom. The molecule has 2 aromatic carbocycles. The van der Waals surface area contributed by atoms with Crippen molar-refractivity contribution in [1.29, 1.82) is 0 Å². The van der Waals surface area contributed by atoms with Crippen LogP contribution in [0.4, 0.5) is 0 Å². The third-order valence-electron chi connectivity index (χ3n) is 6.25. The summed E-state index contributed by atoms with van der Waals surface area (Å²) in [6, 6.07) is 14.8. The molecule has 3 N–H and O–H groups in total. The summed E-state index contributed by atoms with van der Waals surface area (Å²) in [5, 5.41) is 5.68. The predicted octanol–water partition coefficient (Wildman–Crippen LogP) is 4.56. The molecule has 174 valence electrons. The Morgan fingerprint density at radius 3 is 2.30 bits per heavy atom. The summed E-state index contributed by atoms with van der Waals surface area (Å²) < 4.78 is 0. The molecule has 0 bridgehead atoms. The first-order valence-corrected chi connectivity index (χ1v) is 12.5. The fourth-order valence-corrected chi connectivity index (χ4v) is 4.91. The summed E-state index contributed by atoms with van der Waals surface area (Å²) in [4.78, 5) is 31.0. The van der Waals surface area contributed by atoms with Gasteiger partial charge in [0.25, 0.3) is 5.91 Å². The number of hydrazine groups is 1. The summed E-state index contributed by atoms with van der Waals surface area (Å²) in [5.41, 5.74) is 6.81. The lowest BCUT2D eigenvalue weighted by atomic mass is 9.89. The first-order chi connectivity index (χ1) is 15.9. The van der Waals surface area contributed by atoms with Crippen LogP contribution in [0.1, 0.15) is 54.1 Å². The maximum atomic E-state index is 13.3. The molecule has 0 spiro atoms. The van der Waals surface area contributed by atoms with Crippen LogP contribution >= 0.6 is 23.5 Å². The Balaban J connectivity index is 1.36. The highest BCUT2D eigenvalue weighted by Crippen LogP contribution is 2.29. The fraction of sp³-hybridized carbons (Fsp3) is 0.360. The molecule has 0 aliphatic carbocycles. The first kappa shape index (κ1) is 23.7. The quantitative estimate of drug-likeness (QED) is 0.524. The van der Waals surface area contributed by atoms with Gasteiger partial charge in [-0.2, -0.15) is 4.83 Å². The number of nitrogens with zero attached hydrogens (tertiary/aromatic N) is 1. The molecule has 0 saturated carbocycles. The number of hydrogen-bond acceptors (Lipinski definition) is 5. The molecular formula is C25H29ClN4O2S. The number of hydrogen-bond donors (Lipinski definition) is 3. The van der Waals surface area contributed by atoms with Gasteiger partial charge in [-0.05, 0) is 72.0 Å². The molecule has 0 unspecified atom stereocenters. The molecular weight excluding hydrogens is 456 g/mol. The highest BCUT2D eigenvalue weighted by Gasteiger charge is 2.31. The van der Waals surface area contributed by atoms with Crippen molar-refractivity contribution in [3.8, 4) is 0 Å². The van der Waals surface area contributed by atoms with Crippen LogP contribution in [0.2, 0.25) is 5.02 Å². The Labute approximate surface area is 204 Å². The van der Waals surface area contributed by atoms with E-state index < -0.39 is 6.04 Å². The topological polar surface area (TPSA) is 73.5 Å². The van der Waals surface area contributed by atoms with E-state index in [-0.39, 0.29) is 17.7 Å². The van der Waals surface area contributed by atoms with Crippen molar-refractivity contribution >= 4 is 41.1 Å². The zero-order chi connectivity index (χ0) is 23.4. The second-order valence-electron chi connectivity index (χ2n) is 8.80. The summed E-state index contributed by atoms with van der Waals surface area (Å²) in [7, 11) is 0. The molecule has 1 fully saturated rings. The zero-order valence-corrected chi connectivity index (χ0v) is 20.4. The number of piperidine rings is 1.